The Labute approximate surface area is 210 Å². The number of carbonyl (C=O) groups excluding carboxylic acids is 2. The molecule has 0 N–H and O–H groups in total. The van der Waals surface area contributed by atoms with Crippen molar-refractivity contribution in [2.45, 2.75) is 32.8 Å². The number of fused-ring (bicyclic) bond motifs is 1. The first-order valence-corrected chi connectivity index (χ1v) is 12.0. The van der Waals surface area contributed by atoms with Crippen molar-refractivity contribution in [1.29, 1.82) is 0 Å². The summed E-state index contributed by atoms with van der Waals surface area (Å²) in [4.78, 5) is 23.3. The highest BCUT2D eigenvalue weighted by Crippen LogP contribution is 2.38. The maximum absolute atomic E-state index is 11.7. The van der Waals surface area contributed by atoms with Crippen LogP contribution in [0.1, 0.15) is 46.0 Å². The van der Waals surface area contributed by atoms with E-state index in [1.807, 2.05) is 43.3 Å². The zero-order valence-corrected chi connectivity index (χ0v) is 20.6. The van der Waals surface area contributed by atoms with Gasteiger partial charge in [0.25, 0.3) is 0 Å². The molecule has 0 fully saturated rings. The second-order valence-electron chi connectivity index (χ2n) is 8.38. The monoisotopic (exact) mass is 490 g/mol. The van der Waals surface area contributed by atoms with Gasteiger partial charge in [-0.05, 0) is 48.2 Å². The van der Waals surface area contributed by atoms with Gasteiger partial charge in [-0.25, -0.2) is 4.79 Å². The van der Waals surface area contributed by atoms with Crippen LogP contribution in [-0.2, 0) is 33.7 Å². The highest BCUT2D eigenvalue weighted by atomic mass is 16.6. The number of hydrogen-bond donors (Lipinski definition) is 0. The lowest BCUT2D eigenvalue weighted by Crippen LogP contribution is -2.16. The molecule has 0 aromatic heterocycles. The van der Waals surface area contributed by atoms with Crippen molar-refractivity contribution in [3.05, 3.63) is 88.5 Å². The van der Waals surface area contributed by atoms with Gasteiger partial charge in [0.1, 0.15) is 25.6 Å². The van der Waals surface area contributed by atoms with Crippen molar-refractivity contribution in [1.82, 2.24) is 0 Å². The van der Waals surface area contributed by atoms with E-state index in [-0.39, 0.29) is 11.9 Å². The highest BCUT2D eigenvalue weighted by molar-refractivity contribution is 5.89. The van der Waals surface area contributed by atoms with Crippen molar-refractivity contribution >= 4 is 11.9 Å². The van der Waals surface area contributed by atoms with Gasteiger partial charge in [0, 0.05) is 24.5 Å². The summed E-state index contributed by atoms with van der Waals surface area (Å²) in [5.74, 6) is 1.53. The number of ether oxygens (including phenoxy) is 5. The van der Waals surface area contributed by atoms with Gasteiger partial charge in [0.15, 0.2) is 11.5 Å². The summed E-state index contributed by atoms with van der Waals surface area (Å²) in [7, 11) is 1.36. The minimum atomic E-state index is -0.372. The third-order valence-corrected chi connectivity index (χ3v) is 5.84. The average molecular weight is 491 g/mol. The Kier molecular flexibility index (Phi) is 8.44. The smallest absolute Gasteiger partial charge is 0.337 e. The largest absolute Gasteiger partial charge is 0.488 e. The summed E-state index contributed by atoms with van der Waals surface area (Å²) < 4.78 is 27.5. The van der Waals surface area contributed by atoms with Gasteiger partial charge in [-0.15, -0.1) is 0 Å². The van der Waals surface area contributed by atoms with Gasteiger partial charge >= 0.3 is 11.9 Å². The Balaban J connectivity index is 1.47. The fourth-order valence-corrected chi connectivity index (χ4v) is 3.92. The van der Waals surface area contributed by atoms with E-state index in [4.69, 9.17) is 23.7 Å². The number of esters is 2. The average Bonchev–Trinajstić information content (AvgIpc) is 2.91. The van der Waals surface area contributed by atoms with Crippen LogP contribution in [0.5, 0.6) is 17.2 Å². The zero-order valence-electron chi connectivity index (χ0n) is 20.6. The van der Waals surface area contributed by atoms with E-state index >= 15 is 0 Å². The van der Waals surface area contributed by atoms with E-state index < -0.39 is 0 Å². The maximum Gasteiger partial charge on any atom is 0.337 e. The topological polar surface area (TPSA) is 80.3 Å². The van der Waals surface area contributed by atoms with E-state index in [2.05, 4.69) is 12.1 Å². The summed E-state index contributed by atoms with van der Waals surface area (Å²) in [5.41, 5.74) is 4.59. The van der Waals surface area contributed by atoms with Crippen LogP contribution >= 0.6 is 0 Å². The molecule has 3 aromatic carbocycles. The van der Waals surface area contributed by atoms with Crippen molar-refractivity contribution in [2.24, 2.45) is 0 Å². The molecule has 0 spiro atoms. The maximum atomic E-state index is 11.7. The first-order valence-electron chi connectivity index (χ1n) is 12.0. The van der Waals surface area contributed by atoms with Gasteiger partial charge < -0.3 is 23.7 Å². The standard InChI is InChI=1S/C29H30O7/c1-3-33-28(30)13-10-20-4-6-21(7-5-20)16-24-17-26-27(35-15-14-34-26)18-25(24)36-19-22-8-11-23(12-9-22)29(31)32-2/h4-9,11-12,17-18H,3,10,13-16,19H2,1-2H3. The molecule has 0 amide bonds. The molecule has 0 radical (unpaired) electrons. The van der Waals surface area contributed by atoms with Gasteiger partial charge in [0.2, 0.25) is 0 Å². The van der Waals surface area contributed by atoms with Crippen molar-refractivity contribution in [2.75, 3.05) is 26.9 Å². The van der Waals surface area contributed by atoms with Crippen molar-refractivity contribution in [3.63, 3.8) is 0 Å². The van der Waals surface area contributed by atoms with E-state index in [1.54, 1.807) is 12.1 Å². The molecule has 1 aliphatic heterocycles. The third kappa shape index (κ3) is 6.56. The van der Waals surface area contributed by atoms with Crippen LogP contribution in [0.2, 0.25) is 0 Å². The van der Waals surface area contributed by atoms with E-state index in [1.165, 1.54) is 7.11 Å². The first-order chi connectivity index (χ1) is 17.6. The molecule has 188 valence electrons. The molecule has 7 heteroatoms. The van der Waals surface area contributed by atoms with Crippen LogP contribution in [-0.4, -0.2) is 38.9 Å². The SMILES string of the molecule is CCOC(=O)CCc1ccc(Cc2cc3c(cc2OCc2ccc(C(=O)OC)cc2)OCCO3)cc1. The molecule has 0 bridgehead atoms. The number of carbonyl (C=O) groups is 2. The molecule has 1 heterocycles. The summed E-state index contributed by atoms with van der Waals surface area (Å²) in [6, 6.07) is 19.2. The lowest BCUT2D eigenvalue weighted by molar-refractivity contribution is -0.143. The number of hydrogen-bond acceptors (Lipinski definition) is 7. The molecule has 4 rings (SSSR count). The Morgan fingerprint density at radius 2 is 1.50 bits per heavy atom. The minimum absolute atomic E-state index is 0.181. The molecule has 0 saturated carbocycles. The second-order valence-corrected chi connectivity index (χ2v) is 8.38. The fourth-order valence-electron chi connectivity index (χ4n) is 3.92. The Hall–Kier alpha value is -4.00. The van der Waals surface area contributed by atoms with Gasteiger partial charge in [-0.2, -0.15) is 0 Å². The van der Waals surface area contributed by atoms with E-state index in [9.17, 15) is 9.59 Å². The lowest BCUT2D eigenvalue weighted by atomic mass is 10.0. The number of aryl methyl sites for hydroxylation is 1. The molecule has 0 aliphatic carbocycles. The fraction of sp³-hybridized carbons (Fsp3) is 0.310. The van der Waals surface area contributed by atoms with Gasteiger partial charge in [0.05, 0.1) is 19.3 Å². The first kappa shape index (κ1) is 25.1. The summed E-state index contributed by atoms with van der Waals surface area (Å²) in [6.07, 6.45) is 1.66. The second kappa shape index (κ2) is 12.1. The van der Waals surface area contributed by atoms with Crippen molar-refractivity contribution in [3.8, 4) is 17.2 Å². The predicted octanol–water partition coefficient (Wildman–Crippen LogP) is 4.91. The molecule has 7 nitrogen and oxygen atoms in total. The molecule has 0 atom stereocenters. The number of rotatable bonds is 10. The van der Waals surface area contributed by atoms with Crippen LogP contribution in [0.25, 0.3) is 0 Å². The zero-order chi connectivity index (χ0) is 25.3. The minimum Gasteiger partial charge on any atom is -0.488 e. The number of methoxy groups -OCH3 is 1. The number of benzene rings is 3. The van der Waals surface area contributed by atoms with Gasteiger partial charge in [-0.1, -0.05) is 36.4 Å². The Bertz CT molecular complexity index is 1180. The normalized spacial score (nSPS) is 12.1. The summed E-state index contributed by atoms with van der Waals surface area (Å²) in [5, 5.41) is 0. The Morgan fingerprint density at radius 3 is 2.17 bits per heavy atom. The molecular weight excluding hydrogens is 460 g/mol. The van der Waals surface area contributed by atoms with Crippen LogP contribution in [0.15, 0.2) is 60.7 Å². The predicted molar refractivity (Wildman–Crippen MR) is 134 cm³/mol. The molecule has 0 saturated heterocycles. The molecular formula is C29H30O7. The van der Waals surface area contributed by atoms with Crippen LogP contribution in [0.3, 0.4) is 0 Å². The van der Waals surface area contributed by atoms with Crippen molar-refractivity contribution < 1.29 is 33.3 Å². The molecule has 36 heavy (non-hydrogen) atoms. The van der Waals surface area contributed by atoms with Crippen LogP contribution in [0.4, 0.5) is 0 Å². The van der Waals surface area contributed by atoms with Crippen LogP contribution < -0.4 is 14.2 Å². The Morgan fingerprint density at radius 1 is 0.861 bits per heavy atom. The van der Waals surface area contributed by atoms with E-state index in [0.29, 0.717) is 68.5 Å². The molecule has 1 aliphatic rings. The van der Waals surface area contributed by atoms with Crippen LogP contribution in [0, 0.1) is 0 Å². The highest BCUT2D eigenvalue weighted by Gasteiger charge is 2.17. The molecule has 3 aromatic rings. The van der Waals surface area contributed by atoms with Gasteiger partial charge in [-0.3, -0.25) is 4.79 Å². The third-order valence-electron chi connectivity index (χ3n) is 5.84. The lowest BCUT2D eigenvalue weighted by Gasteiger charge is -2.21. The summed E-state index contributed by atoms with van der Waals surface area (Å²) >= 11 is 0. The quantitative estimate of drug-likeness (QED) is 0.374. The summed E-state index contributed by atoms with van der Waals surface area (Å²) in [6.45, 7) is 3.54. The molecule has 0 unspecified atom stereocenters. The van der Waals surface area contributed by atoms with E-state index in [0.717, 1.165) is 22.3 Å².